The van der Waals surface area contributed by atoms with Crippen molar-refractivity contribution in [2.75, 3.05) is 32.7 Å². The number of hydrogen-bond donors (Lipinski definition) is 1. The van der Waals surface area contributed by atoms with Crippen molar-refractivity contribution in [1.29, 1.82) is 0 Å². The molecule has 184 valence electrons. The number of halogens is 1. The molecule has 1 amide bonds. The molecule has 4 rings (SSSR count). The molecule has 5 heteroatoms. The first kappa shape index (κ1) is 25.2. The van der Waals surface area contributed by atoms with Crippen LogP contribution in [0.25, 0.3) is 0 Å². The maximum Gasteiger partial charge on any atom is 0.223 e. The van der Waals surface area contributed by atoms with Gasteiger partial charge in [-0.05, 0) is 74.4 Å². The van der Waals surface area contributed by atoms with Crippen molar-refractivity contribution in [3.05, 3.63) is 70.2 Å². The first-order valence-electron chi connectivity index (χ1n) is 13.0. The Kier molecular flexibility index (Phi) is 8.68. The summed E-state index contributed by atoms with van der Waals surface area (Å²) >= 11 is 6.22. The molecular weight excluding hydrogens is 442 g/mol. The molecule has 2 saturated heterocycles. The van der Waals surface area contributed by atoms with E-state index in [-0.39, 0.29) is 12.1 Å². The smallest absolute Gasteiger partial charge is 0.223 e. The summed E-state index contributed by atoms with van der Waals surface area (Å²) in [6.07, 6.45) is 3.98. The number of nitrogens with one attached hydrogen (secondary N) is 1. The third-order valence-electron chi connectivity index (χ3n) is 7.44. The van der Waals surface area contributed by atoms with Gasteiger partial charge in [-0.1, -0.05) is 67.4 Å². The summed E-state index contributed by atoms with van der Waals surface area (Å²) in [5.74, 6) is 1.43. The molecule has 2 aromatic carbocycles. The SMILES string of the molecule is Cc1ccc(C(c2ccc(Cl)cc2)N2CCN(C(=O)CC3CCNCC3)C(CC(C)C)C2)cc1. The van der Waals surface area contributed by atoms with Crippen molar-refractivity contribution in [3.8, 4) is 0 Å². The summed E-state index contributed by atoms with van der Waals surface area (Å²) < 4.78 is 0. The van der Waals surface area contributed by atoms with E-state index >= 15 is 0 Å². The first-order valence-corrected chi connectivity index (χ1v) is 13.3. The summed E-state index contributed by atoms with van der Waals surface area (Å²) in [7, 11) is 0. The van der Waals surface area contributed by atoms with Crippen LogP contribution in [0.2, 0.25) is 5.02 Å². The van der Waals surface area contributed by atoms with E-state index in [0.717, 1.165) is 57.0 Å². The number of carbonyl (C=O) groups is 1. The standard InChI is InChI=1S/C29H40ClN3O/c1-21(2)18-27-20-32(16-17-33(27)28(34)19-23-12-14-31-15-13-23)29(24-6-4-22(3)5-7-24)25-8-10-26(30)11-9-25/h4-11,21,23,27,29,31H,12-20H2,1-3H3. The largest absolute Gasteiger partial charge is 0.337 e. The maximum atomic E-state index is 13.4. The molecule has 2 aromatic rings. The summed E-state index contributed by atoms with van der Waals surface area (Å²) in [5, 5.41) is 4.18. The highest BCUT2D eigenvalue weighted by Gasteiger charge is 2.35. The second-order valence-corrected chi connectivity index (χ2v) is 11.1. The van der Waals surface area contributed by atoms with Gasteiger partial charge in [-0.3, -0.25) is 9.69 Å². The zero-order valence-corrected chi connectivity index (χ0v) is 21.7. The minimum absolute atomic E-state index is 0.161. The fourth-order valence-corrected chi connectivity index (χ4v) is 5.77. The number of aryl methyl sites for hydroxylation is 1. The molecule has 34 heavy (non-hydrogen) atoms. The predicted molar refractivity (Wildman–Crippen MR) is 141 cm³/mol. The van der Waals surface area contributed by atoms with Crippen molar-refractivity contribution in [2.45, 2.75) is 58.5 Å². The van der Waals surface area contributed by atoms with Crippen molar-refractivity contribution in [2.24, 2.45) is 11.8 Å². The van der Waals surface area contributed by atoms with Gasteiger partial charge in [-0.2, -0.15) is 0 Å². The number of nitrogens with zero attached hydrogens (tertiary/aromatic N) is 2. The van der Waals surface area contributed by atoms with E-state index in [1.807, 2.05) is 12.1 Å². The average molecular weight is 482 g/mol. The minimum Gasteiger partial charge on any atom is -0.337 e. The van der Waals surface area contributed by atoms with E-state index in [9.17, 15) is 4.79 Å². The Bertz CT molecular complexity index is 876. The van der Waals surface area contributed by atoms with Crippen molar-refractivity contribution < 1.29 is 4.79 Å². The quantitative estimate of drug-likeness (QED) is 0.552. The van der Waals surface area contributed by atoms with Crippen LogP contribution in [-0.2, 0) is 4.79 Å². The number of piperidine rings is 1. The highest BCUT2D eigenvalue weighted by molar-refractivity contribution is 6.30. The van der Waals surface area contributed by atoms with E-state index in [4.69, 9.17) is 11.6 Å². The van der Waals surface area contributed by atoms with Crippen LogP contribution >= 0.6 is 11.6 Å². The molecule has 4 nitrogen and oxygen atoms in total. The number of carbonyl (C=O) groups excluding carboxylic acids is 1. The van der Waals surface area contributed by atoms with E-state index in [2.05, 4.69) is 72.3 Å². The number of benzene rings is 2. The monoisotopic (exact) mass is 481 g/mol. The summed E-state index contributed by atoms with van der Waals surface area (Å²) in [6.45, 7) is 11.3. The normalized spacial score (nSPS) is 21.1. The van der Waals surface area contributed by atoms with Crippen molar-refractivity contribution >= 4 is 17.5 Å². The third-order valence-corrected chi connectivity index (χ3v) is 7.70. The van der Waals surface area contributed by atoms with E-state index in [1.165, 1.54) is 16.7 Å². The van der Waals surface area contributed by atoms with Gasteiger partial charge in [0.1, 0.15) is 0 Å². The van der Waals surface area contributed by atoms with Crippen molar-refractivity contribution in [1.82, 2.24) is 15.1 Å². The Morgan fingerprint density at radius 2 is 1.62 bits per heavy atom. The lowest BCUT2D eigenvalue weighted by atomic mass is 9.91. The van der Waals surface area contributed by atoms with Crippen LogP contribution in [0.5, 0.6) is 0 Å². The summed E-state index contributed by atoms with van der Waals surface area (Å²) in [5.41, 5.74) is 3.82. The Hall–Kier alpha value is -1.88. The molecule has 0 aliphatic carbocycles. The highest BCUT2D eigenvalue weighted by Crippen LogP contribution is 2.33. The van der Waals surface area contributed by atoms with Crippen LogP contribution in [-0.4, -0.2) is 54.5 Å². The van der Waals surface area contributed by atoms with Gasteiger partial charge in [-0.15, -0.1) is 0 Å². The summed E-state index contributed by atoms with van der Waals surface area (Å²) in [4.78, 5) is 18.2. The molecule has 0 bridgehead atoms. The summed E-state index contributed by atoms with van der Waals surface area (Å²) in [6, 6.07) is 17.6. The lowest BCUT2D eigenvalue weighted by Gasteiger charge is -2.46. The van der Waals surface area contributed by atoms with Crippen LogP contribution in [0.15, 0.2) is 48.5 Å². The number of amides is 1. The van der Waals surface area contributed by atoms with Gasteiger partial charge in [0.05, 0.1) is 6.04 Å². The van der Waals surface area contributed by atoms with Gasteiger partial charge in [0.2, 0.25) is 5.91 Å². The number of rotatable bonds is 7. The fraction of sp³-hybridized carbons (Fsp3) is 0.552. The molecule has 0 spiro atoms. The zero-order chi connectivity index (χ0) is 24.1. The molecule has 0 aromatic heterocycles. The minimum atomic E-state index is 0.161. The van der Waals surface area contributed by atoms with Gasteiger partial charge in [-0.25, -0.2) is 0 Å². The molecule has 0 saturated carbocycles. The van der Waals surface area contributed by atoms with Crippen LogP contribution < -0.4 is 5.32 Å². The van der Waals surface area contributed by atoms with E-state index < -0.39 is 0 Å². The maximum absolute atomic E-state index is 13.4. The molecule has 0 radical (unpaired) electrons. The fourth-order valence-electron chi connectivity index (χ4n) is 5.65. The highest BCUT2D eigenvalue weighted by atomic mass is 35.5. The Morgan fingerprint density at radius 1 is 1.00 bits per heavy atom. The second kappa shape index (κ2) is 11.7. The van der Waals surface area contributed by atoms with Gasteiger partial charge in [0, 0.05) is 37.1 Å². The molecule has 2 aliphatic heterocycles. The van der Waals surface area contributed by atoms with Gasteiger partial charge in [0.15, 0.2) is 0 Å². The van der Waals surface area contributed by atoms with E-state index in [1.54, 1.807) is 0 Å². The molecule has 2 aliphatic rings. The van der Waals surface area contributed by atoms with Gasteiger partial charge >= 0.3 is 0 Å². The first-order chi connectivity index (χ1) is 16.4. The van der Waals surface area contributed by atoms with Crippen LogP contribution in [0, 0.1) is 18.8 Å². The molecule has 2 heterocycles. The third kappa shape index (κ3) is 6.41. The Labute approximate surface area is 210 Å². The molecule has 2 unspecified atom stereocenters. The number of hydrogen-bond acceptors (Lipinski definition) is 3. The molecule has 1 N–H and O–H groups in total. The van der Waals surface area contributed by atoms with Crippen LogP contribution in [0.1, 0.15) is 62.3 Å². The zero-order valence-electron chi connectivity index (χ0n) is 21.0. The molecule has 2 fully saturated rings. The lowest BCUT2D eigenvalue weighted by Crippen LogP contribution is -2.56. The average Bonchev–Trinajstić information content (AvgIpc) is 2.82. The molecular formula is C29H40ClN3O. The van der Waals surface area contributed by atoms with Gasteiger partial charge < -0.3 is 10.2 Å². The molecule has 2 atom stereocenters. The topological polar surface area (TPSA) is 35.6 Å². The van der Waals surface area contributed by atoms with Gasteiger partial charge in [0.25, 0.3) is 0 Å². The van der Waals surface area contributed by atoms with E-state index in [0.29, 0.717) is 24.2 Å². The number of piperazine rings is 1. The Balaban J connectivity index is 1.56. The lowest BCUT2D eigenvalue weighted by molar-refractivity contribution is -0.138. The Morgan fingerprint density at radius 3 is 2.24 bits per heavy atom. The van der Waals surface area contributed by atoms with Crippen LogP contribution in [0.3, 0.4) is 0 Å². The van der Waals surface area contributed by atoms with Crippen molar-refractivity contribution in [3.63, 3.8) is 0 Å². The van der Waals surface area contributed by atoms with Crippen LogP contribution in [0.4, 0.5) is 0 Å². The second-order valence-electron chi connectivity index (χ2n) is 10.6. The predicted octanol–water partition coefficient (Wildman–Crippen LogP) is 5.69.